The van der Waals surface area contributed by atoms with Gasteiger partial charge in [0.05, 0.1) is 12.7 Å². The van der Waals surface area contributed by atoms with E-state index in [1.165, 1.54) is 7.11 Å². The molecule has 5 nitrogen and oxygen atoms in total. The van der Waals surface area contributed by atoms with Gasteiger partial charge in [-0.25, -0.2) is 4.79 Å². The molecular weight excluding hydrogens is 328 g/mol. The molecule has 0 aliphatic rings. The molecule has 2 aromatic carbocycles. The van der Waals surface area contributed by atoms with Crippen molar-refractivity contribution < 1.29 is 14.4 Å². The summed E-state index contributed by atoms with van der Waals surface area (Å²) in [6.07, 6.45) is 3.44. The maximum absolute atomic E-state index is 11.5. The van der Waals surface area contributed by atoms with E-state index in [2.05, 4.69) is 14.9 Å². The fraction of sp³-hybridized carbons (Fsp3) is 0.0952. The molecule has 0 saturated carbocycles. The fourth-order valence-corrected chi connectivity index (χ4v) is 2.40. The molecule has 0 radical (unpaired) electrons. The summed E-state index contributed by atoms with van der Waals surface area (Å²) in [5.74, 6) is -0.362. The van der Waals surface area contributed by atoms with E-state index >= 15 is 0 Å². The van der Waals surface area contributed by atoms with Gasteiger partial charge in [-0.05, 0) is 29.8 Å². The predicted molar refractivity (Wildman–Crippen MR) is 98.9 cm³/mol. The number of oxime groups is 1. The number of rotatable bonds is 6. The zero-order valence-corrected chi connectivity index (χ0v) is 14.3. The second kappa shape index (κ2) is 8.58. The summed E-state index contributed by atoms with van der Waals surface area (Å²) < 4.78 is 4.69. The minimum atomic E-state index is -0.362. The van der Waals surface area contributed by atoms with Gasteiger partial charge >= 0.3 is 5.97 Å². The Hall–Kier alpha value is -3.47. The summed E-state index contributed by atoms with van der Waals surface area (Å²) in [7, 11) is 1.36. The van der Waals surface area contributed by atoms with E-state index in [1.54, 1.807) is 24.5 Å². The predicted octanol–water partition coefficient (Wildman–Crippen LogP) is 3.84. The van der Waals surface area contributed by atoms with E-state index in [-0.39, 0.29) is 5.97 Å². The first-order valence-electron chi connectivity index (χ1n) is 8.11. The standard InChI is InChI=1S/C21H18N2O3/c1-25-21(24)19-9-7-16(8-10-19)15-26-23-20(17-5-3-2-4-6-17)18-11-13-22-14-12-18/h2-14H,15H2,1H3. The minimum Gasteiger partial charge on any atom is -0.465 e. The van der Waals surface area contributed by atoms with E-state index < -0.39 is 0 Å². The highest BCUT2D eigenvalue weighted by molar-refractivity contribution is 6.12. The molecule has 0 unspecified atom stereocenters. The maximum atomic E-state index is 11.5. The molecule has 0 aliphatic carbocycles. The summed E-state index contributed by atoms with van der Waals surface area (Å²) in [4.78, 5) is 21.1. The van der Waals surface area contributed by atoms with Crippen LogP contribution in [-0.4, -0.2) is 23.8 Å². The van der Waals surface area contributed by atoms with Crippen molar-refractivity contribution in [3.8, 4) is 0 Å². The number of aromatic nitrogens is 1. The quantitative estimate of drug-likeness (QED) is 0.386. The average Bonchev–Trinajstić information content (AvgIpc) is 2.72. The second-order valence-corrected chi connectivity index (χ2v) is 5.50. The number of carbonyl (C=O) groups excluding carboxylic acids is 1. The monoisotopic (exact) mass is 346 g/mol. The lowest BCUT2D eigenvalue weighted by Gasteiger charge is -2.08. The van der Waals surface area contributed by atoms with Gasteiger partial charge < -0.3 is 9.57 Å². The van der Waals surface area contributed by atoms with Crippen LogP contribution in [0.25, 0.3) is 0 Å². The normalized spacial score (nSPS) is 11.0. The smallest absolute Gasteiger partial charge is 0.337 e. The molecule has 0 aliphatic heterocycles. The van der Waals surface area contributed by atoms with Crippen LogP contribution in [-0.2, 0) is 16.2 Å². The number of benzene rings is 2. The number of nitrogens with zero attached hydrogens (tertiary/aromatic N) is 2. The highest BCUT2D eigenvalue weighted by atomic mass is 16.6. The number of ether oxygens (including phenoxy) is 1. The van der Waals surface area contributed by atoms with Crippen molar-refractivity contribution in [2.45, 2.75) is 6.61 Å². The number of methoxy groups -OCH3 is 1. The molecule has 5 heteroatoms. The molecule has 0 saturated heterocycles. The van der Waals surface area contributed by atoms with Crippen LogP contribution in [0.4, 0.5) is 0 Å². The zero-order chi connectivity index (χ0) is 18.2. The molecule has 0 bridgehead atoms. The molecular formula is C21H18N2O3. The first-order chi connectivity index (χ1) is 12.8. The van der Waals surface area contributed by atoms with Crippen molar-refractivity contribution in [2.24, 2.45) is 5.16 Å². The lowest BCUT2D eigenvalue weighted by atomic mass is 10.0. The van der Waals surface area contributed by atoms with E-state index in [4.69, 9.17) is 4.84 Å². The Labute approximate surface area is 151 Å². The van der Waals surface area contributed by atoms with Gasteiger partial charge in [-0.3, -0.25) is 4.98 Å². The molecule has 0 amide bonds. The van der Waals surface area contributed by atoms with Crippen LogP contribution in [0.5, 0.6) is 0 Å². The van der Waals surface area contributed by atoms with E-state index in [0.29, 0.717) is 12.2 Å². The lowest BCUT2D eigenvalue weighted by molar-refractivity contribution is 0.0600. The molecule has 130 valence electrons. The second-order valence-electron chi connectivity index (χ2n) is 5.50. The largest absolute Gasteiger partial charge is 0.465 e. The molecule has 0 atom stereocenters. The zero-order valence-electron chi connectivity index (χ0n) is 14.3. The third-order valence-corrected chi connectivity index (χ3v) is 3.76. The van der Waals surface area contributed by atoms with Crippen LogP contribution in [0, 0.1) is 0 Å². The van der Waals surface area contributed by atoms with Crippen LogP contribution in [0.2, 0.25) is 0 Å². The third kappa shape index (κ3) is 4.33. The minimum absolute atomic E-state index is 0.295. The third-order valence-electron chi connectivity index (χ3n) is 3.76. The van der Waals surface area contributed by atoms with Crippen molar-refractivity contribution in [1.82, 2.24) is 4.98 Å². The molecule has 0 N–H and O–H groups in total. The van der Waals surface area contributed by atoms with Gasteiger partial charge in [-0.2, -0.15) is 0 Å². The van der Waals surface area contributed by atoms with E-state index in [9.17, 15) is 4.79 Å². The number of hydrogen-bond acceptors (Lipinski definition) is 5. The van der Waals surface area contributed by atoms with Gasteiger partial charge in [-0.1, -0.05) is 47.6 Å². The summed E-state index contributed by atoms with van der Waals surface area (Å²) >= 11 is 0. The summed E-state index contributed by atoms with van der Waals surface area (Å²) in [6.45, 7) is 0.295. The lowest BCUT2D eigenvalue weighted by Crippen LogP contribution is -2.05. The highest BCUT2D eigenvalue weighted by Gasteiger charge is 2.08. The van der Waals surface area contributed by atoms with Gasteiger partial charge in [0.15, 0.2) is 0 Å². The Kier molecular flexibility index (Phi) is 5.72. The first-order valence-corrected chi connectivity index (χ1v) is 8.11. The fourth-order valence-electron chi connectivity index (χ4n) is 2.40. The first kappa shape index (κ1) is 17.4. The number of pyridine rings is 1. The summed E-state index contributed by atoms with van der Waals surface area (Å²) in [6, 6.07) is 20.6. The Morgan fingerprint density at radius 3 is 2.19 bits per heavy atom. The van der Waals surface area contributed by atoms with E-state index in [1.807, 2.05) is 54.6 Å². The van der Waals surface area contributed by atoms with Gasteiger partial charge in [0.25, 0.3) is 0 Å². The van der Waals surface area contributed by atoms with Crippen LogP contribution in [0.1, 0.15) is 27.0 Å². The maximum Gasteiger partial charge on any atom is 0.337 e. The Balaban J connectivity index is 1.76. The number of esters is 1. The molecule has 26 heavy (non-hydrogen) atoms. The van der Waals surface area contributed by atoms with Gasteiger partial charge in [-0.15, -0.1) is 0 Å². The van der Waals surface area contributed by atoms with E-state index in [0.717, 1.165) is 22.4 Å². The SMILES string of the molecule is COC(=O)c1ccc(CON=C(c2ccccc2)c2ccncc2)cc1. The van der Waals surface area contributed by atoms with Crippen LogP contribution in [0.15, 0.2) is 84.3 Å². The van der Waals surface area contributed by atoms with Gasteiger partial charge in [0.2, 0.25) is 0 Å². The summed E-state index contributed by atoms with van der Waals surface area (Å²) in [5, 5.41) is 4.33. The van der Waals surface area contributed by atoms with Crippen molar-refractivity contribution in [3.05, 3.63) is 101 Å². The van der Waals surface area contributed by atoms with Crippen molar-refractivity contribution >= 4 is 11.7 Å². The van der Waals surface area contributed by atoms with Gasteiger partial charge in [0.1, 0.15) is 12.3 Å². The van der Waals surface area contributed by atoms with Crippen molar-refractivity contribution in [2.75, 3.05) is 7.11 Å². The average molecular weight is 346 g/mol. The molecule has 0 fully saturated rings. The van der Waals surface area contributed by atoms with Crippen LogP contribution < -0.4 is 0 Å². The van der Waals surface area contributed by atoms with Crippen molar-refractivity contribution in [1.29, 1.82) is 0 Å². The Morgan fingerprint density at radius 2 is 1.54 bits per heavy atom. The Morgan fingerprint density at radius 1 is 0.885 bits per heavy atom. The van der Waals surface area contributed by atoms with Crippen molar-refractivity contribution in [3.63, 3.8) is 0 Å². The molecule has 3 rings (SSSR count). The Bertz CT molecular complexity index is 835. The molecule has 3 aromatic rings. The van der Waals surface area contributed by atoms with Crippen LogP contribution in [0.3, 0.4) is 0 Å². The molecule has 0 spiro atoms. The highest BCUT2D eigenvalue weighted by Crippen LogP contribution is 2.12. The number of carbonyl (C=O) groups is 1. The molecule has 1 heterocycles. The molecule has 1 aromatic heterocycles. The van der Waals surface area contributed by atoms with Gasteiger partial charge in [0, 0.05) is 23.5 Å². The summed E-state index contributed by atoms with van der Waals surface area (Å²) in [5.41, 5.74) is 4.02. The number of hydrogen-bond donors (Lipinski definition) is 0. The topological polar surface area (TPSA) is 60.8 Å². The van der Waals surface area contributed by atoms with Crippen LogP contribution >= 0.6 is 0 Å².